The topological polar surface area (TPSA) is 74.6 Å². The lowest BCUT2D eigenvalue weighted by molar-refractivity contribution is 0.0596. The van der Waals surface area contributed by atoms with Crippen LogP contribution in [0.3, 0.4) is 0 Å². The molecule has 0 saturated heterocycles. The molecule has 0 unspecified atom stereocenters. The first-order valence-electron chi connectivity index (χ1n) is 6.54. The van der Waals surface area contributed by atoms with Crippen molar-refractivity contribution in [1.29, 1.82) is 0 Å². The molecule has 0 bridgehead atoms. The van der Waals surface area contributed by atoms with Crippen LogP contribution >= 0.6 is 0 Å². The van der Waals surface area contributed by atoms with E-state index in [1.807, 2.05) is 0 Å². The lowest BCUT2D eigenvalue weighted by Crippen LogP contribution is -2.23. The summed E-state index contributed by atoms with van der Waals surface area (Å²) in [5.74, 6) is -1.46. The van der Waals surface area contributed by atoms with Gasteiger partial charge in [0.25, 0.3) is 0 Å². The van der Waals surface area contributed by atoms with Crippen molar-refractivity contribution in [3.8, 4) is 0 Å². The largest absolute Gasteiger partial charge is 0.487 e. The lowest BCUT2D eigenvalue weighted by Gasteiger charge is -2.17. The molecule has 0 amide bonds. The zero-order valence-corrected chi connectivity index (χ0v) is 12.6. The molecule has 0 aliphatic heterocycles. The number of esters is 1. The molecule has 0 N–H and O–H groups in total. The van der Waals surface area contributed by atoms with Crippen LogP contribution in [0.5, 0.6) is 0 Å². The number of carbonyl (C=O) groups excluding carboxylic acids is 3. The van der Waals surface area contributed by atoms with Crippen LogP contribution < -0.4 is 0 Å². The molecule has 0 spiro atoms. The highest BCUT2D eigenvalue weighted by atomic mass is 16.5. The van der Waals surface area contributed by atoms with E-state index in [9.17, 15) is 14.4 Å². The Hall–Kier alpha value is -2.37. The van der Waals surface area contributed by atoms with Gasteiger partial charge in [0, 0.05) is 18.8 Å². The van der Waals surface area contributed by atoms with Gasteiger partial charge >= 0.3 is 5.97 Å². The van der Waals surface area contributed by atoms with Gasteiger partial charge in [-0.1, -0.05) is 0 Å². The lowest BCUT2D eigenvalue weighted by atomic mass is 9.96. The Morgan fingerprint density at radius 2 is 1.90 bits per heavy atom. The number of methoxy groups -OCH3 is 1. The third kappa shape index (κ3) is 2.26. The monoisotopic (exact) mass is 291 g/mol. The van der Waals surface area contributed by atoms with E-state index in [0.717, 1.165) is 6.08 Å². The van der Waals surface area contributed by atoms with Gasteiger partial charge in [-0.2, -0.15) is 0 Å². The number of aromatic nitrogens is 1. The highest BCUT2D eigenvalue weighted by Gasteiger charge is 2.37. The number of fused-ring (bicyclic) bond motifs is 1. The fraction of sp³-hybridized carbons (Fsp3) is 0.400. The van der Waals surface area contributed by atoms with Gasteiger partial charge in [-0.15, -0.1) is 0 Å². The molecule has 6 heteroatoms. The molecule has 1 aromatic heterocycles. The van der Waals surface area contributed by atoms with Crippen LogP contribution in [0.15, 0.2) is 11.8 Å². The van der Waals surface area contributed by atoms with Crippen molar-refractivity contribution in [2.24, 2.45) is 7.05 Å². The van der Waals surface area contributed by atoms with E-state index in [2.05, 4.69) is 0 Å². The molecule has 2 rings (SSSR count). The summed E-state index contributed by atoms with van der Waals surface area (Å²) in [4.78, 5) is 36.7. The Bertz CT molecular complexity index is 679. The van der Waals surface area contributed by atoms with Gasteiger partial charge in [0.05, 0.1) is 24.3 Å². The minimum Gasteiger partial charge on any atom is -0.487 e. The number of allylic oxidation sites excluding steroid dienone is 2. The van der Waals surface area contributed by atoms with E-state index in [-0.39, 0.29) is 28.7 Å². The smallest absolute Gasteiger partial charge is 0.340 e. The molecular formula is C15H17NO5. The molecule has 1 aliphatic carbocycles. The molecule has 1 aliphatic rings. The summed E-state index contributed by atoms with van der Waals surface area (Å²) in [5, 5.41) is 0. The number of carbonyl (C=O) groups is 3. The van der Waals surface area contributed by atoms with E-state index in [4.69, 9.17) is 9.47 Å². The fourth-order valence-electron chi connectivity index (χ4n) is 2.37. The van der Waals surface area contributed by atoms with Crippen molar-refractivity contribution >= 4 is 17.5 Å². The summed E-state index contributed by atoms with van der Waals surface area (Å²) in [6.07, 6.45) is 0.910. The molecule has 0 atom stereocenters. The second kappa shape index (κ2) is 5.20. The Morgan fingerprint density at radius 1 is 1.29 bits per heavy atom. The van der Waals surface area contributed by atoms with Gasteiger partial charge in [0.15, 0.2) is 11.5 Å². The number of hydrogen-bond donors (Lipinski definition) is 0. The van der Waals surface area contributed by atoms with E-state index < -0.39 is 17.5 Å². The van der Waals surface area contributed by atoms with Crippen molar-refractivity contribution < 1.29 is 23.9 Å². The van der Waals surface area contributed by atoms with Gasteiger partial charge < -0.3 is 14.0 Å². The van der Waals surface area contributed by atoms with Gasteiger partial charge in [-0.25, -0.2) is 4.79 Å². The van der Waals surface area contributed by atoms with Crippen LogP contribution in [0, 0.1) is 6.92 Å². The zero-order chi connectivity index (χ0) is 15.9. The maximum Gasteiger partial charge on any atom is 0.340 e. The maximum absolute atomic E-state index is 12.5. The predicted octanol–water partition coefficient (Wildman–Crippen LogP) is 1.81. The molecule has 0 saturated carbocycles. The summed E-state index contributed by atoms with van der Waals surface area (Å²) >= 11 is 0. The van der Waals surface area contributed by atoms with E-state index >= 15 is 0 Å². The van der Waals surface area contributed by atoms with Crippen LogP contribution in [0.1, 0.15) is 50.7 Å². The standard InChI is InChI=1S/C15H17NO5/c1-7(2)21-10-6-9(17)12-11(15(19)20-5)8(3)16(4)13(12)14(10)18/h6-7H,1-5H3. The highest BCUT2D eigenvalue weighted by Crippen LogP contribution is 2.30. The number of ketones is 2. The highest BCUT2D eigenvalue weighted by molar-refractivity contribution is 6.26. The minimum atomic E-state index is -0.632. The van der Waals surface area contributed by atoms with Crippen LogP contribution in [0.2, 0.25) is 0 Å². The average molecular weight is 291 g/mol. The minimum absolute atomic E-state index is 0.000448. The second-order valence-electron chi connectivity index (χ2n) is 5.10. The number of rotatable bonds is 3. The van der Waals surface area contributed by atoms with Gasteiger partial charge in [-0.05, 0) is 20.8 Å². The van der Waals surface area contributed by atoms with E-state index in [0.29, 0.717) is 5.69 Å². The van der Waals surface area contributed by atoms with Crippen LogP contribution in [-0.2, 0) is 16.5 Å². The van der Waals surface area contributed by atoms with Crippen molar-refractivity contribution in [3.05, 3.63) is 34.3 Å². The number of hydrogen-bond acceptors (Lipinski definition) is 5. The molecule has 21 heavy (non-hydrogen) atoms. The quantitative estimate of drug-likeness (QED) is 0.794. The van der Waals surface area contributed by atoms with Gasteiger partial charge in [0.2, 0.25) is 5.78 Å². The summed E-state index contributed by atoms with van der Waals surface area (Å²) in [7, 11) is 2.86. The molecule has 112 valence electrons. The SMILES string of the molecule is COC(=O)c1c2c(n(C)c1C)C(=O)C(OC(C)C)=CC2=O. The molecule has 0 fully saturated rings. The first-order chi connectivity index (χ1) is 9.79. The molecule has 1 heterocycles. The second-order valence-corrected chi connectivity index (χ2v) is 5.10. The number of nitrogens with zero attached hydrogens (tertiary/aromatic N) is 1. The Balaban J connectivity index is 2.65. The Morgan fingerprint density at radius 3 is 2.43 bits per heavy atom. The first-order valence-corrected chi connectivity index (χ1v) is 6.54. The first kappa shape index (κ1) is 15.0. The van der Waals surface area contributed by atoms with Gasteiger partial charge in [-0.3, -0.25) is 9.59 Å². The van der Waals surface area contributed by atoms with Crippen molar-refractivity contribution in [2.75, 3.05) is 7.11 Å². The molecule has 0 radical (unpaired) electrons. The molecule has 0 aromatic carbocycles. The van der Waals surface area contributed by atoms with Crippen LogP contribution in [0.25, 0.3) is 0 Å². The Kier molecular flexibility index (Phi) is 3.72. The average Bonchev–Trinajstić information content (AvgIpc) is 2.68. The molecular weight excluding hydrogens is 274 g/mol. The number of Topliss-reactive ketones (excluding diaryl/α,β-unsaturated/α-hetero) is 1. The van der Waals surface area contributed by atoms with Crippen molar-refractivity contribution in [1.82, 2.24) is 4.57 Å². The molecule has 1 aromatic rings. The molecule has 6 nitrogen and oxygen atoms in total. The van der Waals surface area contributed by atoms with Crippen molar-refractivity contribution in [3.63, 3.8) is 0 Å². The predicted molar refractivity (Wildman–Crippen MR) is 74.5 cm³/mol. The third-order valence-corrected chi connectivity index (χ3v) is 3.39. The van der Waals surface area contributed by atoms with E-state index in [1.165, 1.54) is 11.7 Å². The van der Waals surface area contributed by atoms with E-state index in [1.54, 1.807) is 27.8 Å². The third-order valence-electron chi connectivity index (χ3n) is 3.39. The zero-order valence-electron chi connectivity index (χ0n) is 12.6. The Labute approximate surface area is 122 Å². The summed E-state index contributed by atoms with van der Waals surface area (Å²) in [5.41, 5.74) is 0.889. The van der Waals surface area contributed by atoms with Crippen molar-refractivity contribution in [2.45, 2.75) is 26.9 Å². The van der Waals surface area contributed by atoms with Gasteiger partial charge in [0.1, 0.15) is 5.69 Å². The fourth-order valence-corrected chi connectivity index (χ4v) is 2.37. The number of ether oxygens (including phenoxy) is 2. The summed E-state index contributed by atoms with van der Waals surface area (Å²) in [6.45, 7) is 5.20. The van der Waals surface area contributed by atoms with Crippen LogP contribution in [-0.4, -0.2) is 35.3 Å². The van der Waals surface area contributed by atoms with Crippen LogP contribution in [0.4, 0.5) is 0 Å². The normalized spacial score (nSPS) is 14.1. The summed E-state index contributed by atoms with van der Waals surface area (Å²) in [6, 6.07) is 0. The maximum atomic E-state index is 12.5. The summed E-state index contributed by atoms with van der Waals surface area (Å²) < 4.78 is 11.6.